The molecule has 0 fully saturated rings. The van der Waals surface area contributed by atoms with Gasteiger partial charge in [0, 0.05) is 21.5 Å². The van der Waals surface area contributed by atoms with Gasteiger partial charge < -0.3 is 0 Å². The molecule has 53 heavy (non-hydrogen) atoms. The van der Waals surface area contributed by atoms with Crippen LogP contribution in [-0.4, -0.2) is 41.6 Å². The number of aromatic nitrogens is 2. The highest BCUT2D eigenvalue weighted by Crippen LogP contribution is 2.52. The molecule has 4 aromatic carbocycles. The van der Waals surface area contributed by atoms with Crippen LogP contribution in [0.15, 0.2) is 117 Å². The Labute approximate surface area is 312 Å². The van der Waals surface area contributed by atoms with Crippen LogP contribution in [0.1, 0.15) is 98.4 Å². The molecule has 0 radical (unpaired) electrons. The summed E-state index contributed by atoms with van der Waals surface area (Å²) in [7, 11) is 0. The van der Waals surface area contributed by atoms with Crippen molar-refractivity contribution in [3.63, 3.8) is 0 Å². The lowest BCUT2D eigenvalue weighted by Gasteiger charge is -2.40. The van der Waals surface area contributed by atoms with E-state index in [0.29, 0.717) is 0 Å². The maximum absolute atomic E-state index is 5.42. The van der Waals surface area contributed by atoms with Gasteiger partial charge in [0.15, 0.2) is 0 Å². The quantitative estimate of drug-likeness (QED) is 0.142. The van der Waals surface area contributed by atoms with Gasteiger partial charge in [-0.15, -0.1) is 9.15 Å². The van der Waals surface area contributed by atoms with E-state index in [4.69, 9.17) is 20.0 Å². The van der Waals surface area contributed by atoms with E-state index in [9.17, 15) is 0 Å². The molecule has 8 nitrogen and oxygen atoms in total. The van der Waals surface area contributed by atoms with Gasteiger partial charge in [-0.2, -0.15) is 9.13 Å². The number of hydrogen-bond acceptors (Lipinski definition) is 4. The monoisotopic (exact) mass is 702 g/mol. The van der Waals surface area contributed by atoms with Crippen molar-refractivity contribution in [2.45, 2.75) is 82.1 Å². The van der Waals surface area contributed by atoms with Crippen LogP contribution >= 0.6 is 0 Å². The molecule has 0 unspecified atom stereocenters. The molecule has 0 saturated heterocycles. The number of benzene rings is 4. The average molecular weight is 703 g/mol. The lowest BCUT2D eigenvalue weighted by Crippen LogP contribution is -2.71. The smallest absolute Gasteiger partial charge is 0.192 e. The van der Waals surface area contributed by atoms with Gasteiger partial charge in [0.1, 0.15) is 0 Å². The van der Waals surface area contributed by atoms with E-state index in [-0.39, 0.29) is 0 Å². The minimum absolute atomic E-state index is 0.833. The summed E-state index contributed by atoms with van der Waals surface area (Å²) in [6.07, 6.45) is 0. The lowest BCUT2D eigenvalue weighted by atomic mass is 10.1. The highest BCUT2D eigenvalue weighted by Gasteiger charge is 2.69. The van der Waals surface area contributed by atoms with Crippen LogP contribution in [-0.2, 0) is 5.91 Å². The van der Waals surface area contributed by atoms with Gasteiger partial charge in [-0.25, -0.2) is 0 Å². The molecule has 0 N–H and O–H groups in total. The summed E-state index contributed by atoms with van der Waals surface area (Å²) < 4.78 is 9.32. The number of nitrogens with zero attached hydrogens (tertiary/aromatic N) is 8. The molecule has 12 rings (SSSR count). The molecular weight excluding hydrogens is 653 g/mol. The van der Waals surface area contributed by atoms with E-state index >= 15 is 0 Å². The molecule has 8 heterocycles. The van der Waals surface area contributed by atoms with Crippen molar-refractivity contribution in [2.75, 3.05) is 0 Å². The second-order valence-electron chi connectivity index (χ2n) is 12.9. The van der Waals surface area contributed by atoms with Crippen LogP contribution in [0.25, 0.3) is 21.5 Å². The number of amidine groups is 4. The van der Waals surface area contributed by atoms with Crippen molar-refractivity contribution in [2.24, 2.45) is 25.9 Å². The summed E-state index contributed by atoms with van der Waals surface area (Å²) in [5.74, 6) is 5.30. The first-order valence-electron chi connectivity index (χ1n) is 19.5. The molecular formula is C45H50N8+2. The van der Waals surface area contributed by atoms with Crippen molar-refractivity contribution in [1.82, 2.24) is 9.13 Å². The predicted octanol–water partition coefficient (Wildman–Crippen LogP) is 9.47. The minimum Gasteiger partial charge on any atom is -0.192 e. The number of fused-ring (bicyclic) bond motifs is 12. The van der Waals surface area contributed by atoms with E-state index in [2.05, 4.69) is 136 Å². The zero-order valence-corrected chi connectivity index (χ0v) is 32.9. The van der Waals surface area contributed by atoms with Gasteiger partial charge in [-0.05, 0) is 54.4 Å². The van der Waals surface area contributed by atoms with E-state index in [1.807, 2.05) is 55.4 Å². The highest BCUT2D eigenvalue weighted by atomic mass is 15.7. The van der Waals surface area contributed by atoms with E-state index < -0.39 is 5.91 Å². The van der Waals surface area contributed by atoms with E-state index in [0.717, 1.165) is 95.7 Å². The van der Waals surface area contributed by atoms with Gasteiger partial charge in [0.05, 0.1) is 22.3 Å². The molecule has 0 bridgehead atoms. The van der Waals surface area contributed by atoms with Gasteiger partial charge in [-0.1, -0.05) is 145 Å². The van der Waals surface area contributed by atoms with Crippen molar-refractivity contribution in [1.29, 1.82) is 0 Å². The molecule has 6 aromatic rings. The van der Waals surface area contributed by atoms with Crippen LogP contribution in [0.3, 0.4) is 0 Å². The summed E-state index contributed by atoms with van der Waals surface area (Å²) >= 11 is 0. The van der Waals surface area contributed by atoms with Crippen LogP contribution in [0, 0.1) is 5.92 Å². The average Bonchev–Trinajstić information content (AvgIpc) is 3.94. The Morgan fingerprint density at radius 2 is 0.755 bits per heavy atom. The molecule has 0 saturated carbocycles. The Balaban J connectivity index is 0.000000330. The molecule has 268 valence electrons. The molecule has 0 atom stereocenters. The van der Waals surface area contributed by atoms with Gasteiger partial charge in [-0.3, -0.25) is 0 Å². The fraction of sp³-hybridized carbons (Fsp3) is 0.289. The SMILES string of the molecule is CC.CC.CC.CC.CC(C)C.c1ccc2c(c1)C1=Nc3c4ccccc4c4n3C35n6c(c7ccccc7c6=NC6=[N+]3C(=N4)c3ccccc36)=NC2=[N+]15. The number of rotatable bonds is 0. The number of aliphatic imine (C=N–C) groups is 2. The Bertz CT molecular complexity index is 2520. The van der Waals surface area contributed by atoms with Gasteiger partial charge in [0.2, 0.25) is 22.6 Å². The fourth-order valence-electron chi connectivity index (χ4n) is 7.88. The third-order valence-electron chi connectivity index (χ3n) is 9.38. The first-order valence-corrected chi connectivity index (χ1v) is 19.5. The van der Waals surface area contributed by atoms with Crippen molar-refractivity contribution < 1.29 is 9.15 Å². The molecule has 8 heteroatoms. The number of hydrogen-bond donors (Lipinski definition) is 0. The third-order valence-corrected chi connectivity index (χ3v) is 9.38. The summed E-state index contributed by atoms with van der Waals surface area (Å²) in [4.78, 5) is 21.7. The van der Waals surface area contributed by atoms with Crippen molar-refractivity contribution in [3.05, 3.63) is 130 Å². The zero-order valence-electron chi connectivity index (χ0n) is 32.9. The molecule has 6 aliphatic heterocycles. The molecule has 0 aliphatic carbocycles. The second-order valence-corrected chi connectivity index (χ2v) is 12.9. The Kier molecular flexibility index (Phi) is 9.18. The standard InChI is InChI=1S/C33H16N8.C4H10.4C2H6/c1-2-10-18-17(9-1)25-34-27-19-11-3-4-12-20(19)29-36-31-23-15-7-8-16-24(23)32-37-30-22-14-6-5-13-21(22)28-35-26(18)38(25)33(39(27)29,40(28)30)41(31)32;1-4(2)3;4*1-2/h1-16H;4H,1-3H3;4*1-2H3/q+2;;;;;. The molecule has 6 aliphatic rings. The van der Waals surface area contributed by atoms with Crippen LogP contribution < -0.4 is 11.0 Å². The van der Waals surface area contributed by atoms with Gasteiger partial charge in [0.25, 0.3) is 23.3 Å². The van der Waals surface area contributed by atoms with Crippen molar-refractivity contribution in [3.8, 4) is 0 Å². The first kappa shape index (κ1) is 35.6. The molecule has 2 aromatic heterocycles. The van der Waals surface area contributed by atoms with Crippen LogP contribution in [0.4, 0.5) is 11.6 Å². The Morgan fingerprint density at radius 1 is 0.434 bits per heavy atom. The highest BCUT2D eigenvalue weighted by molar-refractivity contribution is 6.20. The maximum atomic E-state index is 5.42. The topological polar surface area (TPSA) is 65.3 Å². The normalized spacial score (nSPS) is 15.4. The summed E-state index contributed by atoms with van der Waals surface area (Å²) in [6, 6.07) is 34.0. The Morgan fingerprint density at radius 3 is 1.13 bits per heavy atom. The summed E-state index contributed by atoms with van der Waals surface area (Å²) in [5.41, 5.74) is 6.13. The first-order chi connectivity index (χ1) is 26.1. The van der Waals surface area contributed by atoms with Gasteiger partial charge >= 0.3 is 5.91 Å². The zero-order chi connectivity index (χ0) is 37.8. The molecule has 1 spiro atoms. The third kappa shape index (κ3) is 4.47. The predicted molar refractivity (Wildman–Crippen MR) is 219 cm³/mol. The largest absolute Gasteiger partial charge is 0.404 e. The van der Waals surface area contributed by atoms with E-state index in [1.165, 1.54) is 0 Å². The minimum atomic E-state index is -0.923. The van der Waals surface area contributed by atoms with E-state index in [1.54, 1.807) is 0 Å². The van der Waals surface area contributed by atoms with Crippen LogP contribution in [0.5, 0.6) is 0 Å². The maximum Gasteiger partial charge on any atom is 0.404 e. The fourth-order valence-corrected chi connectivity index (χ4v) is 7.88. The van der Waals surface area contributed by atoms with Crippen LogP contribution in [0.2, 0.25) is 0 Å². The summed E-state index contributed by atoms with van der Waals surface area (Å²) in [5, 5.41) is 4.33. The molecule has 0 amide bonds. The lowest BCUT2D eigenvalue weighted by molar-refractivity contribution is -0.790. The van der Waals surface area contributed by atoms with Crippen molar-refractivity contribution >= 4 is 56.5 Å². The second kappa shape index (κ2) is 13.7. The Hall–Kier alpha value is -5.76. The summed E-state index contributed by atoms with van der Waals surface area (Å²) in [6.45, 7) is 22.5.